The molecule has 0 spiro atoms. The maximum Gasteiger partial charge on any atom is 0.0935 e. The first kappa shape index (κ1) is 18.2. The van der Waals surface area contributed by atoms with Gasteiger partial charge in [0, 0.05) is 11.6 Å². The summed E-state index contributed by atoms with van der Waals surface area (Å²) in [6.45, 7) is 14.7. The zero-order chi connectivity index (χ0) is 15.7. The summed E-state index contributed by atoms with van der Waals surface area (Å²) in [6, 6.07) is 2.56. The highest BCUT2D eigenvalue weighted by Gasteiger charge is 2.39. The Hall–Kier alpha value is -0.800. The third kappa shape index (κ3) is 4.33. The molecule has 0 amide bonds. The topological polar surface area (TPSA) is 28.4 Å². The van der Waals surface area contributed by atoms with Gasteiger partial charge in [-0.1, -0.05) is 34.6 Å². The Morgan fingerprint density at radius 1 is 1.14 bits per heavy atom. The van der Waals surface area contributed by atoms with Gasteiger partial charge in [-0.25, -0.2) is 0 Å². The van der Waals surface area contributed by atoms with Crippen LogP contribution in [0.4, 0.5) is 0 Å². The third-order valence-electron chi connectivity index (χ3n) is 4.93. The molecule has 0 aliphatic heterocycles. The molecule has 0 radical (unpaired) electrons. The lowest BCUT2D eigenvalue weighted by molar-refractivity contribution is 0.0492. The van der Waals surface area contributed by atoms with Crippen LogP contribution >= 0.6 is 0 Å². The minimum Gasteiger partial charge on any atom is -0.472 e. The molecule has 1 atom stereocenters. The molecular weight excluding hydrogens is 260 g/mol. The van der Waals surface area contributed by atoms with Crippen LogP contribution in [0.1, 0.15) is 59.4 Å². The van der Waals surface area contributed by atoms with E-state index in [-0.39, 0.29) is 5.54 Å². The van der Waals surface area contributed by atoms with Gasteiger partial charge in [-0.15, -0.1) is 0 Å². The number of hydrogen-bond acceptors (Lipinski definition) is 3. The molecule has 0 bridgehead atoms. The molecule has 0 aromatic carbocycles. The van der Waals surface area contributed by atoms with Crippen molar-refractivity contribution in [3.63, 3.8) is 0 Å². The Morgan fingerprint density at radius 2 is 1.81 bits per heavy atom. The van der Waals surface area contributed by atoms with E-state index >= 15 is 0 Å². The molecule has 3 nitrogen and oxygen atoms in total. The normalized spacial score (nSPS) is 13.8. The molecule has 1 heterocycles. The third-order valence-corrected chi connectivity index (χ3v) is 4.93. The number of nitrogens with one attached hydrogen (secondary N) is 1. The first-order valence-electron chi connectivity index (χ1n) is 8.67. The van der Waals surface area contributed by atoms with Crippen molar-refractivity contribution in [2.75, 3.05) is 19.6 Å². The number of rotatable bonds is 11. The fraction of sp³-hybridized carbons (Fsp3) is 0.778. The molecule has 0 fully saturated rings. The monoisotopic (exact) mass is 294 g/mol. The predicted molar refractivity (Wildman–Crippen MR) is 90.7 cm³/mol. The Labute approximate surface area is 131 Å². The number of hydrogen-bond donors (Lipinski definition) is 1. The highest BCUT2D eigenvalue weighted by Crippen LogP contribution is 2.30. The summed E-state index contributed by atoms with van der Waals surface area (Å²) in [6.07, 6.45) is 8.22. The predicted octanol–water partition coefficient (Wildman–Crippen LogP) is 4.09. The first-order valence-corrected chi connectivity index (χ1v) is 8.67. The lowest BCUT2D eigenvalue weighted by Gasteiger charge is -2.48. The van der Waals surface area contributed by atoms with Crippen LogP contribution in [0.25, 0.3) is 0 Å². The van der Waals surface area contributed by atoms with Crippen molar-refractivity contribution < 1.29 is 4.42 Å². The lowest BCUT2D eigenvalue weighted by atomic mass is 9.79. The minimum atomic E-state index is 0.218. The SMILES string of the molecule is CCCNC(Cc1ccoc1)C(CC)(CC)N(CC)CC. The van der Waals surface area contributed by atoms with Gasteiger partial charge in [-0.3, -0.25) is 4.90 Å². The molecule has 1 aromatic heterocycles. The maximum atomic E-state index is 5.27. The summed E-state index contributed by atoms with van der Waals surface area (Å²) in [5.74, 6) is 0. The molecule has 0 saturated carbocycles. The summed E-state index contributed by atoms with van der Waals surface area (Å²) in [4.78, 5) is 2.64. The van der Waals surface area contributed by atoms with E-state index in [0.29, 0.717) is 6.04 Å². The summed E-state index contributed by atoms with van der Waals surface area (Å²) >= 11 is 0. The average Bonchev–Trinajstić information content (AvgIpc) is 3.02. The average molecular weight is 294 g/mol. The van der Waals surface area contributed by atoms with Crippen LogP contribution < -0.4 is 5.32 Å². The summed E-state index contributed by atoms with van der Waals surface area (Å²) in [5, 5.41) is 3.82. The molecular formula is C18H34N2O. The zero-order valence-corrected chi connectivity index (χ0v) is 14.6. The second-order valence-electron chi connectivity index (χ2n) is 5.83. The highest BCUT2D eigenvalue weighted by atomic mass is 16.3. The van der Waals surface area contributed by atoms with Crippen molar-refractivity contribution in [3.05, 3.63) is 24.2 Å². The highest BCUT2D eigenvalue weighted by molar-refractivity contribution is 5.12. The standard InChI is InChI=1S/C18H34N2O/c1-6-12-19-17(14-16-11-13-21-15-16)18(7-2,8-3)20(9-4)10-5/h11,13,15,17,19H,6-10,12,14H2,1-5H3. The molecule has 0 aliphatic rings. The van der Waals surface area contributed by atoms with E-state index in [4.69, 9.17) is 4.42 Å². The van der Waals surface area contributed by atoms with Gasteiger partial charge in [0.05, 0.1) is 12.5 Å². The molecule has 1 aromatic rings. The van der Waals surface area contributed by atoms with E-state index in [2.05, 4.69) is 50.9 Å². The van der Waals surface area contributed by atoms with Crippen LogP contribution in [0.15, 0.2) is 23.0 Å². The Bertz CT molecular complexity index is 353. The minimum absolute atomic E-state index is 0.218. The Balaban J connectivity index is 3.03. The van der Waals surface area contributed by atoms with E-state index in [9.17, 15) is 0 Å². The summed E-state index contributed by atoms with van der Waals surface area (Å²) < 4.78 is 5.27. The largest absolute Gasteiger partial charge is 0.472 e. The van der Waals surface area contributed by atoms with Gasteiger partial charge in [0.2, 0.25) is 0 Å². The van der Waals surface area contributed by atoms with Crippen LogP contribution in [0.2, 0.25) is 0 Å². The molecule has 3 heteroatoms. The van der Waals surface area contributed by atoms with Crippen LogP contribution in [0.3, 0.4) is 0 Å². The van der Waals surface area contributed by atoms with Crippen molar-refractivity contribution >= 4 is 0 Å². The van der Waals surface area contributed by atoms with Crippen LogP contribution in [-0.4, -0.2) is 36.1 Å². The van der Waals surface area contributed by atoms with Crippen LogP contribution in [0, 0.1) is 0 Å². The van der Waals surface area contributed by atoms with E-state index < -0.39 is 0 Å². The van der Waals surface area contributed by atoms with Gasteiger partial charge < -0.3 is 9.73 Å². The van der Waals surface area contributed by atoms with E-state index in [1.165, 1.54) is 24.8 Å². The van der Waals surface area contributed by atoms with Crippen molar-refractivity contribution in [2.24, 2.45) is 0 Å². The van der Waals surface area contributed by atoms with Gasteiger partial charge in [0.15, 0.2) is 0 Å². The second kappa shape index (κ2) is 9.26. The van der Waals surface area contributed by atoms with Crippen LogP contribution in [0.5, 0.6) is 0 Å². The Morgan fingerprint density at radius 3 is 2.24 bits per heavy atom. The van der Waals surface area contributed by atoms with Crippen molar-refractivity contribution in [3.8, 4) is 0 Å². The molecule has 122 valence electrons. The molecule has 0 aliphatic carbocycles. The van der Waals surface area contributed by atoms with Crippen molar-refractivity contribution in [1.29, 1.82) is 0 Å². The number of furan rings is 1. The van der Waals surface area contributed by atoms with Crippen molar-refractivity contribution in [1.82, 2.24) is 10.2 Å². The van der Waals surface area contributed by atoms with Gasteiger partial charge in [-0.2, -0.15) is 0 Å². The fourth-order valence-corrected chi connectivity index (χ4v) is 3.68. The molecule has 1 rings (SSSR count). The van der Waals surface area contributed by atoms with E-state index in [0.717, 1.165) is 26.1 Å². The number of nitrogens with zero attached hydrogens (tertiary/aromatic N) is 1. The molecule has 21 heavy (non-hydrogen) atoms. The quantitative estimate of drug-likeness (QED) is 0.666. The maximum absolute atomic E-state index is 5.27. The Kier molecular flexibility index (Phi) is 8.05. The fourth-order valence-electron chi connectivity index (χ4n) is 3.68. The van der Waals surface area contributed by atoms with Gasteiger partial charge >= 0.3 is 0 Å². The smallest absolute Gasteiger partial charge is 0.0935 e. The van der Waals surface area contributed by atoms with Gasteiger partial charge in [0.25, 0.3) is 0 Å². The second-order valence-corrected chi connectivity index (χ2v) is 5.83. The lowest BCUT2D eigenvalue weighted by Crippen LogP contribution is -2.61. The number of likely N-dealkylation sites (N-methyl/N-ethyl adjacent to an activating group) is 1. The molecule has 1 N–H and O–H groups in total. The van der Waals surface area contributed by atoms with Gasteiger partial charge in [-0.05, 0) is 56.9 Å². The summed E-state index contributed by atoms with van der Waals surface area (Å²) in [5.41, 5.74) is 1.51. The first-order chi connectivity index (χ1) is 10.2. The van der Waals surface area contributed by atoms with Gasteiger partial charge in [0.1, 0.15) is 0 Å². The van der Waals surface area contributed by atoms with Crippen LogP contribution in [-0.2, 0) is 6.42 Å². The zero-order valence-electron chi connectivity index (χ0n) is 14.6. The summed E-state index contributed by atoms with van der Waals surface area (Å²) in [7, 11) is 0. The molecule has 1 unspecified atom stereocenters. The van der Waals surface area contributed by atoms with E-state index in [1.807, 2.05) is 6.26 Å². The van der Waals surface area contributed by atoms with Crippen molar-refractivity contribution in [2.45, 2.75) is 71.9 Å². The van der Waals surface area contributed by atoms with E-state index in [1.54, 1.807) is 6.26 Å². The molecule has 0 saturated heterocycles.